The molecule has 0 bridgehead atoms. The van der Waals surface area contributed by atoms with E-state index in [9.17, 15) is 14.4 Å². The molecule has 236 valence electrons. The Balaban J connectivity index is 0.000000248. The van der Waals surface area contributed by atoms with Crippen molar-refractivity contribution in [3.8, 4) is 0 Å². The lowest BCUT2D eigenvalue weighted by Crippen LogP contribution is -2.48. The standard InChI is InChI=1S/C19H28N2O4.C14H20N2O2/c1-19(2,3)25-18(23)21-12-10-16(11-13-21)20(4)17(22)24-14-15-8-6-5-7-9-15;1-16(13-7-9-15-10-8-13)14(17)18-11-12-5-3-2-4-6-12/h5-9,16H,10-14H2,1-4H3;2-6,13,15H,7-11H2,1H3. The van der Waals surface area contributed by atoms with E-state index in [0.29, 0.717) is 25.7 Å². The number of rotatable bonds is 6. The molecular formula is C33H48N4O6. The second-order valence-corrected chi connectivity index (χ2v) is 12.0. The number of nitrogens with one attached hydrogen (secondary N) is 1. The second-order valence-electron chi connectivity index (χ2n) is 12.0. The highest BCUT2D eigenvalue weighted by Crippen LogP contribution is 2.19. The quantitative estimate of drug-likeness (QED) is 0.430. The Morgan fingerprint density at radius 2 is 1.16 bits per heavy atom. The number of carbonyl (C=O) groups excluding carboxylic acids is 3. The first-order valence-corrected chi connectivity index (χ1v) is 15.1. The van der Waals surface area contributed by atoms with Crippen LogP contribution in [-0.4, -0.2) is 90.9 Å². The third-order valence-electron chi connectivity index (χ3n) is 7.51. The molecule has 43 heavy (non-hydrogen) atoms. The van der Waals surface area contributed by atoms with E-state index in [0.717, 1.165) is 49.9 Å². The van der Waals surface area contributed by atoms with Gasteiger partial charge < -0.3 is 34.2 Å². The zero-order chi connectivity index (χ0) is 31.2. The summed E-state index contributed by atoms with van der Waals surface area (Å²) in [6, 6.07) is 19.7. The summed E-state index contributed by atoms with van der Waals surface area (Å²) in [7, 11) is 3.57. The van der Waals surface area contributed by atoms with Gasteiger partial charge in [0.05, 0.1) is 0 Å². The van der Waals surface area contributed by atoms with Crippen molar-refractivity contribution in [2.75, 3.05) is 40.3 Å². The minimum Gasteiger partial charge on any atom is -0.445 e. The summed E-state index contributed by atoms with van der Waals surface area (Å²) in [4.78, 5) is 41.3. The fraction of sp³-hybridized carbons (Fsp3) is 0.545. The number of ether oxygens (including phenoxy) is 3. The van der Waals surface area contributed by atoms with Crippen LogP contribution in [0.5, 0.6) is 0 Å². The summed E-state index contributed by atoms with van der Waals surface area (Å²) >= 11 is 0. The molecular weight excluding hydrogens is 548 g/mol. The van der Waals surface area contributed by atoms with Gasteiger partial charge in [-0.25, -0.2) is 14.4 Å². The Kier molecular flexibility index (Phi) is 13.1. The van der Waals surface area contributed by atoms with Crippen molar-refractivity contribution in [2.45, 2.75) is 77.4 Å². The highest BCUT2D eigenvalue weighted by atomic mass is 16.6. The van der Waals surface area contributed by atoms with E-state index in [1.165, 1.54) is 0 Å². The molecule has 0 spiro atoms. The third-order valence-corrected chi connectivity index (χ3v) is 7.51. The second kappa shape index (κ2) is 16.7. The Morgan fingerprint density at radius 3 is 1.58 bits per heavy atom. The van der Waals surface area contributed by atoms with Crippen molar-refractivity contribution < 1.29 is 28.6 Å². The van der Waals surface area contributed by atoms with Gasteiger partial charge in [0, 0.05) is 39.3 Å². The molecule has 4 rings (SSSR count). The number of hydrogen-bond donors (Lipinski definition) is 1. The molecule has 10 nitrogen and oxygen atoms in total. The minimum absolute atomic E-state index is 0.0713. The Bertz CT molecular complexity index is 1130. The first-order chi connectivity index (χ1) is 20.5. The number of amides is 3. The molecule has 2 saturated heterocycles. The normalized spacial score (nSPS) is 15.9. The zero-order valence-electron chi connectivity index (χ0n) is 26.3. The molecule has 2 aliphatic rings. The molecule has 1 N–H and O–H groups in total. The fourth-order valence-electron chi connectivity index (χ4n) is 4.90. The summed E-state index contributed by atoms with van der Waals surface area (Å²) in [5, 5.41) is 3.29. The molecule has 2 aromatic carbocycles. The van der Waals surface area contributed by atoms with Crippen molar-refractivity contribution in [2.24, 2.45) is 0 Å². The first-order valence-electron chi connectivity index (χ1n) is 15.1. The SMILES string of the molecule is CN(C(=O)OCc1ccccc1)C1CCN(C(=O)OC(C)(C)C)CC1.CN(C(=O)OCc1ccccc1)C1CCNCC1. The maximum atomic E-state index is 12.2. The predicted molar refractivity (Wildman–Crippen MR) is 166 cm³/mol. The summed E-state index contributed by atoms with van der Waals surface area (Å²) in [6.45, 7) is 9.28. The fourth-order valence-corrected chi connectivity index (χ4v) is 4.90. The highest BCUT2D eigenvalue weighted by molar-refractivity contribution is 5.69. The van der Waals surface area contributed by atoms with E-state index in [4.69, 9.17) is 14.2 Å². The van der Waals surface area contributed by atoms with Crippen LogP contribution in [0.15, 0.2) is 60.7 Å². The van der Waals surface area contributed by atoms with Gasteiger partial charge in [0.25, 0.3) is 0 Å². The molecule has 2 aromatic rings. The van der Waals surface area contributed by atoms with E-state index in [2.05, 4.69) is 5.32 Å². The number of likely N-dealkylation sites (tertiary alicyclic amines) is 1. The van der Waals surface area contributed by atoms with E-state index in [1.54, 1.807) is 21.7 Å². The molecule has 0 aliphatic carbocycles. The van der Waals surface area contributed by atoms with Gasteiger partial charge in [-0.2, -0.15) is 0 Å². The topological polar surface area (TPSA) is 101 Å². The van der Waals surface area contributed by atoms with E-state index in [-0.39, 0.29) is 30.9 Å². The number of hydrogen-bond acceptors (Lipinski definition) is 7. The van der Waals surface area contributed by atoms with Crippen LogP contribution in [-0.2, 0) is 27.4 Å². The largest absolute Gasteiger partial charge is 0.445 e. The molecule has 3 amide bonds. The number of nitrogens with zero attached hydrogens (tertiary/aromatic N) is 3. The predicted octanol–water partition coefficient (Wildman–Crippen LogP) is 5.66. The summed E-state index contributed by atoms with van der Waals surface area (Å²) in [5.41, 5.74) is 1.49. The van der Waals surface area contributed by atoms with Crippen molar-refractivity contribution in [1.29, 1.82) is 0 Å². The summed E-state index contributed by atoms with van der Waals surface area (Å²) in [5.74, 6) is 0. The lowest BCUT2D eigenvalue weighted by atomic mass is 10.0. The average molecular weight is 597 g/mol. The Labute approximate surface area is 256 Å². The number of carbonyl (C=O) groups is 3. The van der Waals surface area contributed by atoms with Crippen LogP contribution >= 0.6 is 0 Å². The van der Waals surface area contributed by atoms with Crippen LogP contribution in [0.2, 0.25) is 0 Å². The Hall–Kier alpha value is -3.79. The van der Waals surface area contributed by atoms with Gasteiger partial charge in [-0.15, -0.1) is 0 Å². The molecule has 2 heterocycles. The van der Waals surface area contributed by atoms with E-state index < -0.39 is 5.60 Å². The van der Waals surface area contributed by atoms with Gasteiger partial charge in [0.2, 0.25) is 0 Å². The maximum absolute atomic E-state index is 12.2. The van der Waals surface area contributed by atoms with Crippen LogP contribution in [0, 0.1) is 0 Å². The van der Waals surface area contributed by atoms with Crippen LogP contribution < -0.4 is 5.32 Å². The number of piperidine rings is 2. The van der Waals surface area contributed by atoms with E-state index in [1.807, 2.05) is 88.5 Å². The van der Waals surface area contributed by atoms with Crippen molar-refractivity contribution in [1.82, 2.24) is 20.0 Å². The lowest BCUT2D eigenvalue weighted by Gasteiger charge is -2.36. The molecule has 0 unspecified atom stereocenters. The Morgan fingerprint density at radius 1 is 0.744 bits per heavy atom. The minimum atomic E-state index is -0.494. The molecule has 2 fully saturated rings. The third kappa shape index (κ3) is 11.8. The lowest BCUT2D eigenvalue weighted by molar-refractivity contribution is 0.0150. The van der Waals surface area contributed by atoms with Gasteiger partial charge in [-0.3, -0.25) is 0 Å². The van der Waals surface area contributed by atoms with Crippen molar-refractivity contribution >= 4 is 18.3 Å². The van der Waals surface area contributed by atoms with Crippen LogP contribution in [0.4, 0.5) is 14.4 Å². The maximum Gasteiger partial charge on any atom is 0.410 e. The smallest absolute Gasteiger partial charge is 0.410 e. The summed E-state index contributed by atoms with van der Waals surface area (Å²) < 4.78 is 16.1. The van der Waals surface area contributed by atoms with Crippen LogP contribution in [0.1, 0.15) is 57.6 Å². The average Bonchev–Trinajstić information content (AvgIpc) is 3.02. The molecule has 2 aliphatic heterocycles. The van der Waals surface area contributed by atoms with E-state index >= 15 is 0 Å². The molecule has 0 radical (unpaired) electrons. The number of benzene rings is 2. The zero-order valence-corrected chi connectivity index (χ0v) is 26.3. The molecule has 0 aromatic heterocycles. The molecule has 0 atom stereocenters. The monoisotopic (exact) mass is 596 g/mol. The van der Waals surface area contributed by atoms with Crippen LogP contribution in [0.25, 0.3) is 0 Å². The van der Waals surface area contributed by atoms with Gasteiger partial charge in [-0.1, -0.05) is 60.7 Å². The molecule has 10 heteroatoms. The van der Waals surface area contributed by atoms with Gasteiger partial charge in [0.1, 0.15) is 18.8 Å². The highest BCUT2D eigenvalue weighted by Gasteiger charge is 2.30. The van der Waals surface area contributed by atoms with Crippen LogP contribution in [0.3, 0.4) is 0 Å². The van der Waals surface area contributed by atoms with Gasteiger partial charge in [-0.05, 0) is 70.7 Å². The summed E-state index contributed by atoms with van der Waals surface area (Å²) in [6.07, 6.45) is 2.57. The molecule has 0 saturated carbocycles. The first kappa shape index (κ1) is 33.7. The van der Waals surface area contributed by atoms with Crippen molar-refractivity contribution in [3.05, 3.63) is 71.8 Å². The van der Waals surface area contributed by atoms with Gasteiger partial charge in [0.15, 0.2) is 0 Å². The van der Waals surface area contributed by atoms with Gasteiger partial charge >= 0.3 is 18.3 Å². The van der Waals surface area contributed by atoms with Crippen molar-refractivity contribution in [3.63, 3.8) is 0 Å².